The Kier molecular flexibility index (Phi) is 2.69. The molecule has 1 aromatic heterocycles. The second kappa shape index (κ2) is 3.98. The molecule has 14 heavy (non-hydrogen) atoms. The maximum Gasteiger partial charge on any atom is 0.241 e. The third-order valence-corrected chi connectivity index (χ3v) is 2.52. The van der Waals surface area contributed by atoms with Crippen molar-refractivity contribution in [2.24, 2.45) is 5.73 Å². The molecule has 3 N–H and O–H groups in total. The molecule has 0 aliphatic heterocycles. The molecule has 0 radical (unpaired) electrons. The topological polar surface area (TPSA) is 63.9 Å². The molecule has 2 aromatic rings. The maximum atomic E-state index is 5.39. The van der Waals surface area contributed by atoms with Crippen LogP contribution in [0.3, 0.4) is 0 Å². The van der Waals surface area contributed by atoms with Gasteiger partial charge < -0.3 is 10.5 Å². The first-order valence-electron chi connectivity index (χ1n) is 4.28. The normalized spacial score (nSPS) is 10.7. The van der Waals surface area contributed by atoms with Crippen LogP contribution >= 0.6 is 15.9 Å². The van der Waals surface area contributed by atoms with E-state index in [2.05, 4.69) is 26.1 Å². The van der Waals surface area contributed by atoms with Gasteiger partial charge in [0.2, 0.25) is 5.88 Å². The van der Waals surface area contributed by atoms with E-state index in [4.69, 9.17) is 10.5 Å². The van der Waals surface area contributed by atoms with Crippen LogP contribution in [0.1, 0.15) is 0 Å². The molecule has 1 aromatic carbocycles. The Labute approximate surface area is 89.6 Å². The molecular weight excluding hydrogens is 246 g/mol. The molecule has 1 heterocycles. The molecule has 0 aliphatic carbocycles. The van der Waals surface area contributed by atoms with Gasteiger partial charge in [-0.05, 0) is 28.1 Å². The number of H-pyrrole nitrogens is 1. The molecule has 0 unspecified atom stereocenters. The first-order chi connectivity index (χ1) is 6.83. The van der Waals surface area contributed by atoms with Gasteiger partial charge in [0.15, 0.2) is 0 Å². The average molecular weight is 256 g/mol. The van der Waals surface area contributed by atoms with Crippen molar-refractivity contribution in [2.45, 2.75) is 0 Å². The Hall–Kier alpha value is -1.07. The van der Waals surface area contributed by atoms with Gasteiger partial charge in [-0.1, -0.05) is 6.07 Å². The Morgan fingerprint density at radius 2 is 2.36 bits per heavy atom. The fraction of sp³-hybridized carbons (Fsp3) is 0.222. The molecule has 0 spiro atoms. The van der Waals surface area contributed by atoms with Gasteiger partial charge >= 0.3 is 0 Å². The zero-order valence-electron chi connectivity index (χ0n) is 7.46. The zero-order valence-corrected chi connectivity index (χ0v) is 9.04. The van der Waals surface area contributed by atoms with E-state index in [0.717, 1.165) is 15.4 Å². The van der Waals surface area contributed by atoms with Crippen molar-refractivity contribution in [1.29, 1.82) is 0 Å². The van der Waals surface area contributed by atoms with Gasteiger partial charge in [-0.3, -0.25) is 5.10 Å². The standard InChI is InChI=1S/C9H10BrN3O/c10-6-2-1-3-7-8(6)9(13-12-7)14-5-4-11/h1-3H,4-5,11H2,(H,12,13). The molecule has 74 valence electrons. The highest BCUT2D eigenvalue weighted by molar-refractivity contribution is 9.10. The quantitative estimate of drug-likeness (QED) is 0.877. The van der Waals surface area contributed by atoms with Crippen LogP contribution in [-0.2, 0) is 0 Å². The second-order valence-electron chi connectivity index (χ2n) is 2.83. The van der Waals surface area contributed by atoms with E-state index in [-0.39, 0.29) is 0 Å². The van der Waals surface area contributed by atoms with Gasteiger partial charge in [0.25, 0.3) is 0 Å². The van der Waals surface area contributed by atoms with E-state index in [0.29, 0.717) is 19.0 Å². The number of aromatic amines is 1. The van der Waals surface area contributed by atoms with Gasteiger partial charge in [0.05, 0.1) is 10.9 Å². The predicted octanol–water partition coefficient (Wildman–Crippen LogP) is 1.66. The highest BCUT2D eigenvalue weighted by Crippen LogP contribution is 2.29. The van der Waals surface area contributed by atoms with Crippen LogP contribution in [0.2, 0.25) is 0 Å². The van der Waals surface area contributed by atoms with Crippen molar-refractivity contribution in [2.75, 3.05) is 13.2 Å². The Morgan fingerprint density at radius 3 is 3.14 bits per heavy atom. The van der Waals surface area contributed by atoms with Crippen LogP contribution in [0.5, 0.6) is 5.88 Å². The largest absolute Gasteiger partial charge is 0.475 e. The number of aromatic nitrogens is 2. The predicted molar refractivity (Wildman–Crippen MR) is 58.3 cm³/mol. The lowest BCUT2D eigenvalue weighted by Gasteiger charge is -2.00. The summed E-state index contributed by atoms with van der Waals surface area (Å²) < 4.78 is 6.36. The van der Waals surface area contributed by atoms with Crippen molar-refractivity contribution in [3.8, 4) is 5.88 Å². The number of ether oxygens (including phenoxy) is 1. The second-order valence-corrected chi connectivity index (χ2v) is 3.68. The summed E-state index contributed by atoms with van der Waals surface area (Å²) in [6.07, 6.45) is 0. The molecule has 0 saturated heterocycles. The fourth-order valence-electron chi connectivity index (χ4n) is 1.26. The monoisotopic (exact) mass is 255 g/mol. The molecule has 0 aliphatic rings. The van der Waals surface area contributed by atoms with Crippen molar-refractivity contribution in [1.82, 2.24) is 10.2 Å². The third-order valence-electron chi connectivity index (χ3n) is 1.86. The van der Waals surface area contributed by atoms with Gasteiger partial charge in [0, 0.05) is 11.0 Å². The van der Waals surface area contributed by atoms with Gasteiger partial charge in [0.1, 0.15) is 6.61 Å². The summed E-state index contributed by atoms with van der Waals surface area (Å²) in [6, 6.07) is 5.84. The maximum absolute atomic E-state index is 5.39. The van der Waals surface area contributed by atoms with Gasteiger partial charge in [-0.2, -0.15) is 0 Å². The van der Waals surface area contributed by atoms with E-state index in [9.17, 15) is 0 Å². The van der Waals surface area contributed by atoms with Crippen molar-refractivity contribution < 1.29 is 4.74 Å². The summed E-state index contributed by atoms with van der Waals surface area (Å²) in [5, 5.41) is 7.91. The Morgan fingerprint density at radius 1 is 1.50 bits per heavy atom. The van der Waals surface area contributed by atoms with Crippen LogP contribution in [0.15, 0.2) is 22.7 Å². The Bertz CT molecular complexity index is 441. The van der Waals surface area contributed by atoms with Crippen molar-refractivity contribution >= 4 is 26.8 Å². The number of nitrogens with one attached hydrogen (secondary N) is 1. The number of halogens is 1. The highest BCUT2D eigenvalue weighted by Gasteiger charge is 2.08. The van der Waals surface area contributed by atoms with Crippen LogP contribution in [-0.4, -0.2) is 23.3 Å². The Balaban J connectivity index is 2.45. The lowest BCUT2D eigenvalue weighted by atomic mass is 10.2. The zero-order chi connectivity index (χ0) is 9.97. The summed E-state index contributed by atoms with van der Waals surface area (Å²) in [4.78, 5) is 0. The lowest BCUT2D eigenvalue weighted by Crippen LogP contribution is -2.10. The van der Waals surface area contributed by atoms with Gasteiger partial charge in [-0.25, -0.2) is 0 Å². The fourth-order valence-corrected chi connectivity index (χ4v) is 1.80. The number of nitrogens with zero attached hydrogens (tertiary/aromatic N) is 1. The molecule has 0 bridgehead atoms. The minimum Gasteiger partial charge on any atom is -0.475 e. The smallest absolute Gasteiger partial charge is 0.241 e. The van der Waals surface area contributed by atoms with Crippen LogP contribution in [0.4, 0.5) is 0 Å². The molecule has 4 nitrogen and oxygen atoms in total. The average Bonchev–Trinajstić information content (AvgIpc) is 2.59. The summed E-state index contributed by atoms with van der Waals surface area (Å²) in [5.74, 6) is 0.595. The summed E-state index contributed by atoms with van der Waals surface area (Å²) in [5.41, 5.74) is 6.30. The number of hydrogen-bond acceptors (Lipinski definition) is 3. The van der Waals surface area contributed by atoms with E-state index in [1.165, 1.54) is 0 Å². The summed E-state index contributed by atoms with van der Waals surface area (Å²) >= 11 is 3.45. The molecule has 2 rings (SSSR count). The first-order valence-corrected chi connectivity index (χ1v) is 5.07. The summed E-state index contributed by atoms with van der Waals surface area (Å²) in [7, 11) is 0. The van der Waals surface area contributed by atoms with E-state index in [1.54, 1.807) is 0 Å². The van der Waals surface area contributed by atoms with Crippen molar-refractivity contribution in [3.05, 3.63) is 22.7 Å². The van der Waals surface area contributed by atoms with Crippen molar-refractivity contribution in [3.63, 3.8) is 0 Å². The number of fused-ring (bicyclic) bond motifs is 1. The minimum absolute atomic E-state index is 0.473. The van der Waals surface area contributed by atoms with E-state index >= 15 is 0 Å². The molecule has 0 amide bonds. The summed E-state index contributed by atoms with van der Waals surface area (Å²) in [6.45, 7) is 0.958. The number of hydrogen-bond donors (Lipinski definition) is 2. The van der Waals surface area contributed by atoms with Gasteiger partial charge in [-0.15, -0.1) is 5.10 Å². The van der Waals surface area contributed by atoms with E-state index < -0.39 is 0 Å². The van der Waals surface area contributed by atoms with Crippen LogP contribution in [0.25, 0.3) is 10.9 Å². The molecular formula is C9H10BrN3O. The molecule has 0 fully saturated rings. The molecule has 0 atom stereocenters. The third kappa shape index (κ3) is 1.60. The number of rotatable bonds is 3. The minimum atomic E-state index is 0.473. The molecule has 5 heteroatoms. The highest BCUT2D eigenvalue weighted by atomic mass is 79.9. The first kappa shape index (κ1) is 9.48. The van der Waals surface area contributed by atoms with E-state index in [1.807, 2.05) is 18.2 Å². The van der Waals surface area contributed by atoms with Crippen LogP contribution < -0.4 is 10.5 Å². The van der Waals surface area contributed by atoms with Crippen LogP contribution in [0, 0.1) is 0 Å². The molecule has 0 saturated carbocycles. The number of nitrogens with two attached hydrogens (primary N) is 1. The lowest BCUT2D eigenvalue weighted by molar-refractivity contribution is 0.318. The SMILES string of the molecule is NCCOc1n[nH]c2cccc(Br)c12. The number of benzene rings is 1.